The van der Waals surface area contributed by atoms with Crippen molar-refractivity contribution < 1.29 is 23.9 Å². The average Bonchev–Trinajstić information content (AvgIpc) is 3.22. The van der Waals surface area contributed by atoms with Crippen molar-refractivity contribution >= 4 is 17.9 Å². The summed E-state index contributed by atoms with van der Waals surface area (Å²) in [5.41, 5.74) is 2.62. The molecule has 3 amide bonds. The molecule has 178 valence electrons. The van der Waals surface area contributed by atoms with Gasteiger partial charge in [0.05, 0.1) is 23.9 Å². The van der Waals surface area contributed by atoms with E-state index in [2.05, 4.69) is 22.8 Å². The number of nitrogens with zero attached hydrogens (tertiary/aromatic N) is 1. The van der Waals surface area contributed by atoms with Crippen molar-refractivity contribution in [3.63, 3.8) is 0 Å². The number of amides is 3. The molecular weight excluding hydrogens is 434 g/mol. The highest BCUT2D eigenvalue weighted by Gasteiger charge is 2.43. The number of urea groups is 1. The standard InChI is InChI=1S/C26H29N3O5/c1-3-33-21-12-8-7-11-19(21)24-23-20(16-34-25(23)31)29(26(32)28-24)15-22(30)27-17(2)13-14-18-9-5-4-6-10-18/h4-12,17,24H,3,13-16H2,1-2H3,(H,27,30)(H,28,32)/t17-,24-/m0/s1. The fourth-order valence-electron chi connectivity index (χ4n) is 4.28. The zero-order valence-corrected chi connectivity index (χ0v) is 19.4. The summed E-state index contributed by atoms with van der Waals surface area (Å²) in [6, 6.07) is 16.1. The largest absolute Gasteiger partial charge is 0.494 e. The number of esters is 1. The summed E-state index contributed by atoms with van der Waals surface area (Å²) < 4.78 is 11.0. The Morgan fingerprint density at radius 2 is 1.91 bits per heavy atom. The van der Waals surface area contributed by atoms with Gasteiger partial charge in [-0.2, -0.15) is 0 Å². The molecule has 4 rings (SSSR count). The first-order valence-electron chi connectivity index (χ1n) is 11.5. The van der Waals surface area contributed by atoms with Gasteiger partial charge in [-0.3, -0.25) is 9.69 Å². The van der Waals surface area contributed by atoms with Crippen LogP contribution in [0, 0.1) is 0 Å². The first-order valence-corrected chi connectivity index (χ1v) is 11.5. The SMILES string of the molecule is CCOc1ccccc1[C@@H]1NC(=O)N(CC(=O)N[C@@H](C)CCc2ccccc2)C2=C1C(=O)OC2. The molecule has 2 aromatic carbocycles. The molecule has 0 unspecified atom stereocenters. The fourth-order valence-corrected chi connectivity index (χ4v) is 4.28. The second-order valence-electron chi connectivity index (χ2n) is 8.37. The zero-order valence-electron chi connectivity index (χ0n) is 19.4. The normalized spacial score (nSPS) is 18.2. The molecule has 0 saturated heterocycles. The molecule has 2 atom stereocenters. The van der Waals surface area contributed by atoms with E-state index in [9.17, 15) is 14.4 Å². The summed E-state index contributed by atoms with van der Waals surface area (Å²) in [5.74, 6) is -0.219. The molecule has 0 saturated carbocycles. The lowest BCUT2D eigenvalue weighted by Crippen LogP contribution is -2.51. The second kappa shape index (κ2) is 10.4. The Labute approximate surface area is 198 Å². The van der Waals surface area contributed by atoms with E-state index in [1.54, 1.807) is 6.07 Å². The van der Waals surface area contributed by atoms with Crippen molar-refractivity contribution in [1.82, 2.24) is 15.5 Å². The van der Waals surface area contributed by atoms with E-state index in [0.29, 0.717) is 29.2 Å². The van der Waals surface area contributed by atoms with E-state index in [4.69, 9.17) is 9.47 Å². The minimum Gasteiger partial charge on any atom is -0.494 e. The minimum absolute atomic E-state index is 0.0499. The monoisotopic (exact) mass is 463 g/mol. The summed E-state index contributed by atoms with van der Waals surface area (Å²) in [4.78, 5) is 39.6. The fraction of sp³-hybridized carbons (Fsp3) is 0.346. The minimum atomic E-state index is -0.704. The number of rotatable bonds is 9. The highest BCUT2D eigenvalue weighted by molar-refractivity contribution is 5.98. The summed E-state index contributed by atoms with van der Waals surface area (Å²) >= 11 is 0. The van der Waals surface area contributed by atoms with Gasteiger partial charge in [0, 0.05) is 11.6 Å². The summed E-state index contributed by atoms with van der Waals surface area (Å²) in [6.45, 7) is 4.00. The van der Waals surface area contributed by atoms with Crippen LogP contribution in [0.15, 0.2) is 65.9 Å². The van der Waals surface area contributed by atoms with E-state index >= 15 is 0 Å². The van der Waals surface area contributed by atoms with Crippen LogP contribution >= 0.6 is 0 Å². The van der Waals surface area contributed by atoms with Crippen molar-refractivity contribution in [3.05, 3.63) is 77.0 Å². The Hall–Kier alpha value is -3.81. The van der Waals surface area contributed by atoms with Gasteiger partial charge in [0.25, 0.3) is 0 Å². The summed E-state index contributed by atoms with van der Waals surface area (Å²) in [7, 11) is 0. The molecule has 8 nitrogen and oxygen atoms in total. The number of cyclic esters (lactones) is 1. The second-order valence-corrected chi connectivity index (χ2v) is 8.37. The predicted molar refractivity (Wildman–Crippen MR) is 126 cm³/mol. The molecule has 0 aromatic heterocycles. The molecule has 0 bridgehead atoms. The van der Waals surface area contributed by atoms with Crippen LogP contribution in [0.3, 0.4) is 0 Å². The molecule has 34 heavy (non-hydrogen) atoms. The maximum absolute atomic E-state index is 13.0. The number of hydrogen-bond donors (Lipinski definition) is 2. The van der Waals surface area contributed by atoms with E-state index in [1.165, 1.54) is 10.5 Å². The maximum atomic E-state index is 13.0. The van der Waals surface area contributed by atoms with Crippen molar-refractivity contribution in [1.29, 1.82) is 0 Å². The van der Waals surface area contributed by atoms with E-state index < -0.39 is 18.0 Å². The van der Waals surface area contributed by atoms with Crippen LogP contribution < -0.4 is 15.4 Å². The molecule has 0 aliphatic carbocycles. The zero-order chi connectivity index (χ0) is 24.1. The average molecular weight is 464 g/mol. The van der Waals surface area contributed by atoms with Crippen LogP contribution in [-0.2, 0) is 20.7 Å². The molecule has 2 aliphatic heterocycles. The number of ether oxygens (including phenoxy) is 2. The van der Waals surface area contributed by atoms with Gasteiger partial charge in [0.2, 0.25) is 5.91 Å². The molecule has 0 fully saturated rings. The number of benzene rings is 2. The Balaban J connectivity index is 1.47. The van der Waals surface area contributed by atoms with Crippen molar-refractivity contribution in [2.24, 2.45) is 0 Å². The first-order chi connectivity index (χ1) is 16.5. The van der Waals surface area contributed by atoms with Gasteiger partial charge in [-0.1, -0.05) is 48.5 Å². The predicted octanol–water partition coefficient (Wildman–Crippen LogP) is 3.10. The van der Waals surface area contributed by atoms with E-state index in [1.807, 2.05) is 50.2 Å². The van der Waals surface area contributed by atoms with Gasteiger partial charge >= 0.3 is 12.0 Å². The maximum Gasteiger partial charge on any atom is 0.338 e. The third-order valence-corrected chi connectivity index (χ3v) is 5.95. The smallest absolute Gasteiger partial charge is 0.338 e. The molecule has 2 aliphatic rings. The van der Waals surface area contributed by atoms with Crippen molar-refractivity contribution in [3.8, 4) is 5.75 Å². The molecule has 2 heterocycles. The number of para-hydroxylation sites is 1. The molecule has 0 spiro atoms. The van der Waals surface area contributed by atoms with Crippen LogP contribution in [0.4, 0.5) is 4.79 Å². The topological polar surface area (TPSA) is 97.0 Å². The first kappa shape index (κ1) is 23.4. The Morgan fingerprint density at radius 1 is 1.18 bits per heavy atom. The van der Waals surface area contributed by atoms with Crippen LogP contribution in [0.2, 0.25) is 0 Å². The number of nitrogens with one attached hydrogen (secondary N) is 2. The van der Waals surface area contributed by atoms with Gasteiger partial charge in [0.15, 0.2) is 0 Å². The molecule has 2 aromatic rings. The van der Waals surface area contributed by atoms with Gasteiger partial charge in [-0.15, -0.1) is 0 Å². The summed E-state index contributed by atoms with van der Waals surface area (Å²) in [5, 5.41) is 5.81. The lowest BCUT2D eigenvalue weighted by atomic mass is 9.95. The third-order valence-electron chi connectivity index (χ3n) is 5.95. The Kier molecular flexibility index (Phi) is 7.15. The highest BCUT2D eigenvalue weighted by atomic mass is 16.5. The Bertz CT molecular complexity index is 1100. The van der Waals surface area contributed by atoms with Gasteiger partial charge in [0.1, 0.15) is 18.9 Å². The third kappa shape index (κ3) is 5.06. The number of aryl methyl sites for hydroxylation is 1. The number of carbonyl (C=O) groups is 3. The van der Waals surface area contributed by atoms with Crippen LogP contribution in [-0.4, -0.2) is 48.6 Å². The molecular formula is C26H29N3O5. The Morgan fingerprint density at radius 3 is 2.68 bits per heavy atom. The lowest BCUT2D eigenvalue weighted by molar-refractivity contribution is -0.136. The van der Waals surface area contributed by atoms with Crippen molar-refractivity contribution in [2.75, 3.05) is 19.8 Å². The number of hydrogen-bond acceptors (Lipinski definition) is 5. The van der Waals surface area contributed by atoms with Gasteiger partial charge < -0.3 is 20.1 Å². The van der Waals surface area contributed by atoms with Crippen LogP contribution in [0.25, 0.3) is 0 Å². The van der Waals surface area contributed by atoms with Crippen LogP contribution in [0.1, 0.15) is 37.4 Å². The molecule has 0 radical (unpaired) electrons. The van der Waals surface area contributed by atoms with Gasteiger partial charge in [-0.05, 0) is 38.3 Å². The van der Waals surface area contributed by atoms with E-state index in [0.717, 1.165) is 12.8 Å². The van der Waals surface area contributed by atoms with Gasteiger partial charge in [-0.25, -0.2) is 9.59 Å². The highest BCUT2D eigenvalue weighted by Crippen LogP contribution is 2.38. The number of carbonyl (C=O) groups excluding carboxylic acids is 3. The quantitative estimate of drug-likeness (QED) is 0.557. The summed E-state index contributed by atoms with van der Waals surface area (Å²) in [6.07, 6.45) is 1.61. The lowest BCUT2D eigenvalue weighted by Gasteiger charge is -2.33. The molecule has 8 heteroatoms. The van der Waals surface area contributed by atoms with Crippen molar-refractivity contribution in [2.45, 2.75) is 38.8 Å². The molecule has 2 N–H and O–H groups in total. The van der Waals surface area contributed by atoms with Crippen LogP contribution in [0.5, 0.6) is 5.75 Å². The van der Waals surface area contributed by atoms with E-state index in [-0.39, 0.29) is 25.1 Å².